The number of rotatable bonds is 7. The zero-order valence-electron chi connectivity index (χ0n) is 15.5. The molecule has 2 rings (SSSR count). The Morgan fingerprint density at radius 1 is 1.12 bits per heavy atom. The highest BCUT2D eigenvalue weighted by Crippen LogP contribution is 2.47. The van der Waals surface area contributed by atoms with E-state index in [-0.39, 0.29) is 5.16 Å². The maximum atomic E-state index is 10.5. The van der Waals surface area contributed by atoms with Gasteiger partial charge in [0.05, 0.1) is 0 Å². The van der Waals surface area contributed by atoms with Gasteiger partial charge in [-0.2, -0.15) is 0 Å². The molecule has 2 atom stereocenters. The number of nitrogens with one attached hydrogen (secondary N) is 1. The van der Waals surface area contributed by atoms with Crippen LogP contribution in [0.1, 0.15) is 49.4 Å². The zero-order chi connectivity index (χ0) is 17.7. The molecule has 0 spiro atoms. The molecule has 130 valence electrons. The van der Waals surface area contributed by atoms with Crippen molar-refractivity contribution in [1.82, 2.24) is 5.32 Å². The van der Waals surface area contributed by atoms with E-state index in [0.717, 1.165) is 25.1 Å². The van der Waals surface area contributed by atoms with Gasteiger partial charge in [-0.25, -0.2) is 0 Å². The molecular formula is C21H30NOP. The Bertz CT molecular complexity index is 698. The highest BCUT2D eigenvalue weighted by Gasteiger charge is 2.29. The molecular weight excluding hydrogens is 313 g/mol. The zero-order valence-corrected chi connectivity index (χ0v) is 16.5. The first-order valence-electron chi connectivity index (χ1n) is 8.78. The normalized spacial score (nSPS) is 14.2. The first-order valence-corrected chi connectivity index (χ1v) is 9.78. The van der Waals surface area contributed by atoms with Gasteiger partial charge in [-0.3, -0.25) is 0 Å². The molecule has 2 unspecified atom stereocenters. The summed E-state index contributed by atoms with van der Waals surface area (Å²) in [5.74, 6) is 0.416. The second kappa shape index (κ2) is 8.14. The summed E-state index contributed by atoms with van der Waals surface area (Å²) in [6, 6.07) is 12.5. The standard InChI is InChI=1S/C21H30NOP/c1-6-21(5,18-13-15(3)11-12-19(18)23)24-20-16(4)9-8-10-17(20)14-22-7-2/h8-13,22-24H,6-7,14H2,1-5H3. The number of phenols is 1. The van der Waals surface area contributed by atoms with Crippen molar-refractivity contribution in [2.24, 2.45) is 0 Å². The molecule has 0 aromatic heterocycles. The Kier molecular flexibility index (Phi) is 6.43. The average Bonchev–Trinajstić information content (AvgIpc) is 2.57. The van der Waals surface area contributed by atoms with E-state index in [1.54, 1.807) is 0 Å². The van der Waals surface area contributed by atoms with Crippen molar-refractivity contribution in [3.8, 4) is 5.75 Å². The third kappa shape index (κ3) is 4.18. The van der Waals surface area contributed by atoms with Crippen LogP contribution in [-0.2, 0) is 11.7 Å². The van der Waals surface area contributed by atoms with Gasteiger partial charge in [0.2, 0.25) is 0 Å². The Morgan fingerprint density at radius 2 is 1.88 bits per heavy atom. The first-order chi connectivity index (χ1) is 11.4. The molecule has 2 N–H and O–H groups in total. The summed E-state index contributed by atoms with van der Waals surface area (Å²) in [7, 11) is 0.628. The van der Waals surface area contributed by atoms with E-state index in [0.29, 0.717) is 14.3 Å². The predicted molar refractivity (Wildman–Crippen MR) is 107 cm³/mol. The lowest BCUT2D eigenvalue weighted by Gasteiger charge is -2.32. The Hall–Kier alpha value is -1.37. The van der Waals surface area contributed by atoms with Crippen molar-refractivity contribution in [1.29, 1.82) is 0 Å². The molecule has 0 amide bonds. The number of benzene rings is 2. The van der Waals surface area contributed by atoms with Crippen molar-refractivity contribution >= 4 is 13.9 Å². The molecule has 0 aliphatic rings. The van der Waals surface area contributed by atoms with E-state index in [9.17, 15) is 5.11 Å². The number of phenolic OH excluding ortho intramolecular Hbond substituents is 1. The molecule has 0 saturated heterocycles. The topological polar surface area (TPSA) is 32.3 Å². The lowest BCUT2D eigenvalue weighted by atomic mass is 9.95. The van der Waals surface area contributed by atoms with Gasteiger partial charge in [-0.05, 0) is 49.3 Å². The Labute approximate surface area is 148 Å². The molecule has 0 radical (unpaired) electrons. The minimum absolute atomic E-state index is 0.0524. The Balaban J connectivity index is 2.45. The van der Waals surface area contributed by atoms with Gasteiger partial charge in [-0.15, -0.1) is 0 Å². The monoisotopic (exact) mass is 343 g/mol. The predicted octanol–water partition coefficient (Wildman–Crippen LogP) is 4.75. The fraction of sp³-hybridized carbons (Fsp3) is 0.429. The molecule has 3 heteroatoms. The van der Waals surface area contributed by atoms with Crippen LogP contribution in [0.4, 0.5) is 0 Å². The number of hydrogen-bond acceptors (Lipinski definition) is 2. The van der Waals surface area contributed by atoms with Crippen molar-refractivity contribution in [2.45, 2.75) is 52.7 Å². The minimum atomic E-state index is -0.0524. The fourth-order valence-electron chi connectivity index (χ4n) is 3.03. The fourth-order valence-corrected chi connectivity index (χ4v) is 4.70. The molecule has 0 aliphatic carbocycles. The second-order valence-electron chi connectivity index (χ2n) is 6.72. The molecule has 0 fully saturated rings. The average molecular weight is 343 g/mol. The van der Waals surface area contributed by atoms with Gasteiger partial charge < -0.3 is 10.4 Å². The number of hydrogen-bond donors (Lipinski definition) is 2. The van der Waals surface area contributed by atoms with Crippen molar-refractivity contribution in [2.75, 3.05) is 6.54 Å². The summed E-state index contributed by atoms with van der Waals surface area (Å²) in [5.41, 5.74) is 4.99. The van der Waals surface area contributed by atoms with Crippen LogP contribution >= 0.6 is 8.58 Å². The van der Waals surface area contributed by atoms with Gasteiger partial charge >= 0.3 is 0 Å². The number of aryl methyl sites for hydroxylation is 2. The quantitative estimate of drug-likeness (QED) is 0.711. The van der Waals surface area contributed by atoms with E-state index in [1.807, 2.05) is 12.1 Å². The molecule has 2 aromatic carbocycles. The van der Waals surface area contributed by atoms with E-state index in [1.165, 1.54) is 22.0 Å². The lowest BCUT2D eigenvalue weighted by Crippen LogP contribution is -2.24. The highest BCUT2D eigenvalue weighted by molar-refractivity contribution is 7.48. The van der Waals surface area contributed by atoms with Gasteiger partial charge in [0.1, 0.15) is 5.75 Å². The SMILES string of the molecule is CCNCc1cccc(C)c1PC(C)(CC)c1cc(C)ccc1O. The van der Waals surface area contributed by atoms with Crippen molar-refractivity contribution < 1.29 is 5.11 Å². The summed E-state index contributed by atoms with van der Waals surface area (Å²) < 4.78 is 0. The smallest absolute Gasteiger partial charge is 0.119 e. The van der Waals surface area contributed by atoms with E-state index in [2.05, 4.69) is 64.2 Å². The third-order valence-corrected chi connectivity index (χ3v) is 6.92. The molecule has 0 heterocycles. The van der Waals surface area contributed by atoms with Crippen LogP contribution in [-0.4, -0.2) is 11.7 Å². The van der Waals surface area contributed by atoms with Crippen LogP contribution in [0.15, 0.2) is 36.4 Å². The van der Waals surface area contributed by atoms with Gasteiger partial charge in [0.15, 0.2) is 0 Å². The summed E-state index contributed by atoms with van der Waals surface area (Å²) in [6.45, 7) is 12.8. The van der Waals surface area contributed by atoms with E-state index < -0.39 is 0 Å². The summed E-state index contributed by atoms with van der Waals surface area (Å²) in [4.78, 5) is 0. The first kappa shape index (κ1) is 19.0. The van der Waals surface area contributed by atoms with Crippen LogP contribution in [0.3, 0.4) is 0 Å². The maximum absolute atomic E-state index is 10.5. The summed E-state index contributed by atoms with van der Waals surface area (Å²) >= 11 is 0. The maximum Gasteiger partial charge on any atom is 0.119 e. The molecule has 0 bridgehead atoms. The molecule has 0 aliphatic heterocycles. The number of aromatic hydroxyl groups is 1. The summed E-state index contributed by atoms with van der Waals surface area (Å²) in [5, 5.41) is 15.3. The molecule has 2 nitrogen and oxygen atoms in total. The van der Waals surface area contributed by atoms with Gasteiger partial charge in [-0.1, -0.05) is 65.2 Å². The molecule has 0 saturated carbocycles. The van der Waals surface area contributed by atoms with Gasteiger partial charge in [0.25, 0.3) is 0 Å². The highest BCUT2D eigenvalue weighted by atomic mass is 31.1. The van der Waals surface area contributed by atoms with Crippen molar-refractivity contribution in [3.63, 3.8) is 0 Å². The molecule has 24 heavy (non-hydrogen) atoms. The van der Waals surface area contributed by atoms with Crippen LogP contribution in [0.5, 0.6) is 5.75 Å². The Morgan fingerprint density at radius 3 is 2.54 bits per heavy atom. The second-order valence-corrected chi connectivity index (χ2v) is 8.57. The molecule has 2 aromatic rings. The van der Waals surface area contributed by atoms with E-state index >= 15 is 0 Å². The largest absolute Gasteiger partial charge is 0.508 e. The summed E-state index contributed by atoms with van der Waals surface area (Å²) in [6.07, 6.45) is 0.997. The van der Waals surface area contributed by atoms with Crippen molar-refractivity contribution in [3.05, 3.63) is 58.7 Å². The van der Waals surface area contributed by atoms with Crippen LogP contribution < -0.4 is 10.6 Å². The lowest BCUT2D eigenvalue weighted by molar-refractivity contribution is 0.456. The van der Waals surface area contributed by atoms with Gasteiger partial charge in [0, 0.05) is 17.3 Å². The minimum Gasteiger partial charge on any atom is -0.508 e. The van der Waals surface area contributed by atoms with Crippen LogP contribution in [0.25, 0.3) is 0 Å². The van der Waals surface area contributed by atoms with E-state index in [4.69, 9.17) is 0 Å². The van der Waals surface area contributed by atoms with Crippen LogP contribution in [0.2, 0.25) is 0 Å². The van der Waals surface area contributed by atoms with Crippen LogP contribution in [0, 0.1) is 13.8 Å². The third-order valence-electron chi connectivity index (χ3n) is 4.78.